The summed E-state index contributed by atoms with van der Waals surface area (Å²) in [4.78, 5) is 44.0. The number of thioether (sulfide) groups is 1. The largest absolute Gasteiger partial charge is 0.394 e. The Bertz CT molecular complexity index is 1090. The summed E-state index contributed by atoms with van der Waals surface area (Å²) in [5.41, 5.74) is 0.523. The van der Waals surface area contributed by atoms with E-state index in [4.69, 9.17) is 0 Å². The van der Waals surface area contributed by atoms with Gasteiger partial charge in [0.25, 0.3) is 0 Å². The van der Waals surface area contributed by atoms with E-state index in [-0.39, 0.29) is 46.8 Å². The van der Waals surface area contributed by atoms with Crippen LogP contribution in [-0.2, 0) is 20.9 Å². The molecule has 0 aromatic heterocycles. The molecule has 3 aliphatic rings. The van der Waals surface area contributed by atoms with E-state index >= 15 is 0 Å². The molecule has 7 atom stereocenters. The first-order chi connectivity index (χ1) is 18.1. The van der Waals surface area contributed by atoms with Gasteiger partial charge in [-0.2, -0.15) is 0 Å². The Morgan fingerprint density at radius 1 is 1.13 bits per heavy atom. The number of hydrogen-bond acceptors (Lipinski definition) is 5. The fourth-order valence-electron chi connectivity index (χ4n) is 7.71. The molecule has 3 amide bonds. The van der Waals surface area contributed by atoms with E-state index < -0.39 is 34.2 Å². The average molecular weight is 558 g/mol. The van der Waals surface area contributed by atoms with Gasteiger partial charge in [-0.05, 0) is 49.5 Å². The highest BCUT2D eigenvalue weighted by atomic mass is 32.2. The maximum Gasteiger partial charge on any atom is 0.244 e. The Morgan fingerprint density at radius 2 is 1.77 bits per heavy atom. The molecule has 3 unspecified atom stereocenters. The van der Waals surface area contributed by atoms with Crippen molar-refractivity contribution in [3.05, 3.63) is 35.9 Å². The summed E-state index contributed by atoms with van der Waals surface area (Å²) in [6.07, 6.45) is 1.55. The van der Waals surface area contributed by atoms with E-state index in [9.17, 15) is 19.5 Å². The standard InChI is InChI=1S/C31H47N3O4S/c1-18(2)21(16-35)34-25(27(37)33-30(7,8)17-29(4,5)6)31-19(3)14-22(39-31)23(24(31)28(34)38)26(36)32-15-20-12-10-9-11-13-20/h9-13,18-19,21-25,35H,14-17H2,1-8H3,(H,32,36)(H,33,37)/t19?,21-,22+,23-,24-,25?,31?/m0/s1. The zero-order chi connectivity index (χ0) is 28.9. The highest BCUT2D eigenvalue weighted by molar-refractivity contribution is 8.02. The topological polar surface area (TPSA) is 98.7 Å². The lowest BCUT2D eigenvalue weighted by atomic mass is 9.65. The Labute approximate surface area is 238 Å². The molecule has 1 aromatic rings. The van der Waals surface area contributed by atoms with Crippen LogP contribution in [-0.4, -0.2) is 62.0 Å². The third-order valence-electron chi connectivity index (χ3n) is 8.79. The van der Waals surface area contributed by atoms with E-state index in [0.717, 1.165) is 18.4 Å². The molecule has 3 aliphatic heterocycles. The molecule has 3 N–H and O–H groups in total. The number of aliphatic hydroxyl groups is 1. The number of carbonyl (C=O) groups is 3. The Morgan fingerprint density at radius 3 is 2.33 bits per heavy atom. The zero-order valence-corrected chi connectivity index (χ0v) is 25.6. The molecule has 3 heterocycles. The molecule has 7 nitrogen and oxygen atoms in total. The molecule has 1 aromatic carbocycles. The quantitative estimate of drug-likeness (QED) is 0.427. The first-order valence-corrected chi connectivity index (χ1v) is 15.3. The summed E-state index contributed by atoms with van der Waals surface area (Å²) in [6.45, 7) is 16.7. The van der Waals surface area contributed by atoms with Gasteiger partial charge in [0.1, 0.15) is 6.04 Å². The van der Waals surface area contributed by atoms with Gasteiger partial charge in [0.15, 0.2) is 0 Å². The smallest absolute Gasteiger partial charge is 0.244 e. The van der Waals surface area contributed by atoms with E-state index in [1.54, 1.807) is 16.7 Å². The molecule has 8 heteroatoms. The Hall–Kier alpha value is -2.06. The molecule has 4 rings (SSSR count). The number of hydrogen-bond donors (Lipinski definition) is 3. The van der Waals surface area contributed by atoms with Crippen molar-refractivity contribution >= 4 is 29.5 Å². The van der Waals surface area contributed by atoms with Crippen molar-refractivity contribution in [3.8, 4) is 0 Å². The molecule has 216 valence electrons. The van der Waals surface area contributed by atoms with Gasteiger partial charge in [-0.25, -0.2) is 0 Å². The lowest BCUT2D eigenvalue weighted by Crippen LogP contribution is -2.62. The molecule has 0 radical (unpaired) electrons. The fourth-order valence-corrected chi connectivity index (χ4v) is 10.1. The van der Waals surface area contributed by atoms with E-state index in [0.29, 0.717) is 6.54 Å². The molecule has 0 aliphatic carbocycles. The van der Waals surface area contributed by atoms with Gasteiger partial charge in [-0.1, -0.05) is 71.9 Å². The van der Waals surface area contributed by atoms with Gasteiger partial charge in [-0.3, -0.25) is 14.4 Å². The maximum absolute atomic E-state index is 14.4. The van der Waals surface area contributed by atoms with Gasteiger partial charge >= 0.3 is 0 Å². The second-order valence-corrected chi connectivity index (χ2v) is 15.7. The third kappa shape index (κ3) is 5.48. The van der Waals surface area contributed by atoms with Crippen LogP contribution in [0.15, 0.2) is 30.3 Å². The van der Waals surface area contributed by atoms with Crippen molar-refractivity contribution in [1.29, 1.82) is 0 Å². The first-order valence-electron chi connectivity index (χ1n) is 14.4. The first kappa shape index (κ1) is 29.9. The van der Waals surface area contributed by atoms with Gasteiger partial charge in [0.2, 0.25) is 17.7 Å². The van der Waals surface area contributed by atoms with E-state index in [2.05, 4.69) is 38.3 Å². The predicted octanol–water partition coefficient (Wildman–Crippen LogP) is 3.99. The number of benzene rings is 1. The van der Waals surface area contributed by atoms with Crippen molar-refractivity contribution in [2.24, 2.45) is 29.1 Å². The van der Waals surface area contributed by atoms with Crippen molar-refractivity contribution in [2.45, 2.75) is 102 Å². The van der Waals surface area contributed by atoms with Gasteiger partial charge in [0.05, 0.1) is 29.2 Å². The molecular formula is C31H47N3O4S. The Balaban J connectivity index is 1.70. The lowest BCUT2D eigenvalue weighted by molar-refractivity contribution is -0.144. The van der Waals surface area contributed by atoms with Crippen LogP contribution in [0, 0.1) is 29.1 Å². The number of amides is 3. The lowest BCUT2D eigenvalue weighted by Gasteiger charge is -2.43. The number of nitrogens with one attached hydrogen (secondary N) is 2. The predicted molar refractivity (Wildman–Crippen MR) is 156 cm³/mol. The molecule has 1 spiro atoms. The maximum atomic E-state index is 14.4. The molecule has 2 bridgehead atoms. The van der Waals surface area contributed by atoms with Gasteiger partial charge < -0.3 is 20.6 Å². The number of carbonyl (C=O) groups excluding carboxylic acids is 3. The second kappa shape index (κ2) is 10.7. The van der Waals surface area contributed by atoms with Crippen LogP contribution in [0.2, 0.25) is 0 Å². The summed E-state index contributed by atoms with van der Waals surface area (Å²) in [5, 5.41) is 16.8. The van der Waals surface area contributed by atoms with Crippen LogP contribution in [0.5, 0.6) is 0 Å². The summed E-state index contributed by atoms with van der Waals surface area (Å²) in [6, 6.07) is 8.51. The third-order valence-corrected chi connectivity index (χ3v) is 10.9. The van der Waals surface area contributed by atoms with Gasteiger partial charge in [-0.15, -0.1) is 11.8 Å². The SMILES string of the molecule is CC(C)[C@H](CO)N1C(=O)[C@@H]2[C@@H](C(=O)NCc3ccccc3)[C@H]3CC(C)C2(S3)C1C(=O)NC(C)(C)CC(C)(C)C. The van der Waals surface area contributed by atoms with E-state index in [1.165, 1.54) is 0 Å². The molecular weight excluding hydrogens is 510 g/mol. The summed E-state index contributed by atoms with van der Waals surface area (Å²) >= 11 is 1.67. The number of likely N-dealkylation sites (tertiary alicyclic amines) is 1. The van der Waals surface area contributed by atoms with E-state index in [1.807, 2.05) is 58.0 Å². The number of rotatable bonds is 9. The van der Waals surface area contributed by atoms with Crippen molar-refractivity contribution in [3.63, 3.8) is 0 Å². The number of aliphatic hydroxyl groups excluding tert-OH is 1. The van der Waals surface area contributed by atoms with Crippen molar-refractivity contribution < 1.29 is 19.5 Å². The van der Waals surface area contributed by atoms with Crippen molar-refractivity contribution in [1.82, 2.24) is 15.5 Å². The number of fused-ring (bicyclic) bond motifs is 1. The highest BCUT2D eigenvalue weighted by Gasteiger charge is 2.76. The van der Waals surface area contributed by atoms with Crippen LogP contribution in [0.25, 0.3) is 0 Å². The van der Waals surface area contributed by atoms with Crippen LogP contribution in [0.4, 0.5) is 0 Å². The normalized spacial score (nSPS) is 31.0. The summed E-state index contributed by atoms with van der Waals surface area (Å²) < 4.78 is -0.708. The number of nitrogens with zero attached hydrogens (tertiary/aromatic N) is 1. The minimum atomic E-state index is -0.745. The van der Waals surface area contributed by atoms with Crippen LogP contribution in [0.1, 0.15) is 73.8 Å². The zero-order valence-electron chi connectivity index (χ0n) is 24.8. The molecule has 0 saturated carbocycles. The monoisotopic (exact) mass is 557 g/mol. The molecule has 3 fully saturated rings. The van der Waals surface area contributed by atoms with Crippen LogP contribution >= 0.6 is 11.8 Å². The minimum absolute atomic E-state index is 0.00411. The Kier molecular flexibility index (Phi) is 8.23. The summed E-state index contributed by atoms with van der Waals surface area (Å²) in [7, 11) is 0. The minimum Gasteiger partial charge on any atom is -0.394 e. The van der Waals surface area contributed by atoms with Crippen LogP contribution < -0.4 is 10.6 Å². The molecule has 39 heavy (non-hydrogen) atoms. The molecule has 3 saturated heterocycles. The second-order valence-electron chi connectivity index (χ2n) is 14.1. The van der Waals surface area contributed by atoms with Gasteiger partial charge in [0, 0.05) is 17.3 Å². The fraction of sp³-hybridized carbons (Fsp3) is 0.710. The average Bonchev–Trinajstić information content (AvgIpc) is 3.40. The van der Waals surface area contributed by atoms with Crippen LogP contribution in [0.3, 0.4) is 0 Å². The van der Waals surface area contributed by atoms with Crippen molar-refractivity contribution in [2.75, 3.05) is 6.61 Å². The highest BCUT2D eigenvalue weighted by Crippen LogP contribution is 2.69. The summed E-state index contributed by atoms with van der Waals surface area (Å²) in [5.74, 6) is -1.53.